The summed E-state index contributed by atoms with van der Waals surface area (Å²) in [5, 5.41) is 11.6. The Balaban J connectivity index is 2.62. The molecule has 0 fully saturated rings. The number of nitrogens with zero attached hydrogens (tertiary/aromatic N) is 2. The van der Waals surface area contributed by atoms with E-state index >= 15 is 0 Å². The van der Waals surface area contributed by atoms with Gasteiger partial charge < -0.3 is 9.90 Å². The van der Waals surface area contributed by atoms with Crippen LogP contribution in [0, 0.1) is 0 Å². The van der Waals surface area contributed by atoms with Gasteiger partial charge >= 0.3 is 0 Å². The average Bonchev–Trinajstić information content (AvgIpc) is 2.73. The molecular formula is C11H9N2O2S-. The summed E-state index contributed by atoms with van der Waals surface area (Å²) in [6, 6.07) is 9.22. The van der Waals surface area contributed by atoms with E-state index in [9.17, 15) is 9.90 Å². The van der Waals surface area contributed by atoms with E-state index in [2.05, 4.69) is 4.98 Å². The molecule has 0 aliphatic heterocycles. The molecule has 82 valence electrons. The van der Waals surface area contributed by atoms with Crippen molar-refractivity contribution >= 4 is 17.7 Å². The van der Waals surface area contributed by atoms with Gasteiger partial charge in [-0.05, 0) is 18.4 Å². The topological polar surface area (TPSA) is 57.9 Å². The summed E-state index contributed by atoms with van der Waals surface area (Å²) in [4.78, 5) is 15.0. The maximum Gasteiger partial charge on any atom is 0.172 e. The molecule has 0 amide bonds. The molecule has 0 saturated heterocycles. The largest absolute Gasteiger partial charge is 0.543 e. The molecule has 0 radical (unpaired) electrons. The molecule has 1 aromatic heterocycles. The van der Waals surface area contributed by atoms with Gasteiger partial charge in [0.05, 0.1) is 17.9 Å². The number of aromatic carboxylic acids is 1. The van der Waals surface area contributed by atoms with Crippen LogP contribution in [0.25, 0.3) is 5.69 Å². The van der Waals surface area contributed by atoms with E-state index in [1.54, 1.807) is 4.57 Å². The second-order valence-corrected chi connectivity index (χ2v) is 3.86. The number of carboxylic acids is 1. The lowest BCUT2D eigenvalue weighted by Crippen LogP contribution is -2.25. The number of para-hydroxylation sites is 1. The van der Waals surface area contributed by atoms with Crippen molar-refractivity contribution in [3.63, 3.8) is 0 Å². The van der Waals surface area contributed by atoms with Crippen molar-refractivity contribution < 1.29 is 9.90 Å². The monoisotopic (exact) mass is 233 g/mol. The highest BCUT2D eigenvalue weighted by Crippen LogP contribution is 2.20. The first kappa shape index (κ1) is 10.8. The molecule has 0 atom stereocenters. The SMILES string of the molecule is CSc1ncc(C(=O)[O-])n1-c1ccccc1. The normalized spacial score (nSPS) is 10.3. The highest BCUT2D eigenvalue weighted by Gasteiger charge is 2.11. The quantitative estimate of drug-likeness (QED) is 0.741. The zero-order valence-electron chi connectivity index (χ0n) is 8.58. The number of carbonyl (C=O) groups is 1. The number of imidazole rings is 1. The molecule has 4 nitrogen and oxygen atoms in total. The second kappa shape index (κ2) is 4.40. The number of hydrogen-bond acceptors (Lipinski definition) is 4. The van der Waals surface area contributed by atoms with Crippen molar-refractivity contribution in [2.75, 3.05) is 6.26 Å². The third-order valence-electron chi connectivity index (χ3n) is 2.14. The van der Waals surface area contributed by atoms with Crippen molar-refractivity contribution in [2.24, 2.45) is 0 Å². The summed E-state index contributed by atoms with van der Waals surface area (Å²) >= 11 is 1.39. The van der Waals surface area contributed by atoms with Gasteiger partial charge in [-0.2, -0.15) is 0 Å². The van der Waals surface area contributed by atoms with Crippen LogP contribution < -0.4 is 5.11 Å². The Hall–Kier alpha value is -1.75. The number of carbonyl (C=O) groups excluding carboxylic acids is 1. The Morgan fingerprint density at radius 3 is 2.62 bits per heavy atom. The van der Waals surface area contributed by atoms with Gasteiger partial charge in [0.25, 0.3) is 0 Å². The third kappa shape index (κ3) is 1.81. The zero-order valence-corrected chi connectivity index (χ0v) is 9.40. The van der Waals surface area contributed by atoms with Crippen molar-refractivity contribution in [3.8, 4) is 5.69 Å². The summed E-state index contributed by atoms with van der Waals surface area (Å²) in [5.41, 5.74) is 0.833. The first-order valence-corrected chi connectivity index (χ1v) is 5.85. The molecule has 0 saturated carbocycles. The third-order valence-corrected chi connectivity index (χ3v) is 2.79. The second-order valence-electron chi connectivity index (χ2n) is 3.09. The molecule has 16 heavy (non-hydrogen) atoms. The van der Waals surface area contributed by atoms with Crippen LogP contribution in [0.4, 0.5) is 0 Å². The van der Waals surface area contributed by atoms with Crippen LogP contribution >= 0.6 is 11.8 Å². The molecule has 2 rings (SSSR count). The maximum atomic E-state index is 10.9. The van der Waals surface area contributed by atoms with Gasteiger partial charge in [0.15, 0.2) is 5.16 Å². The molecule has 1 heterocycles. The molecule has 5 heteroatoms. The lowest BCUT2D eigenvalue weighted by molar-refractivity contribution is -0.255. The first-order chi connectivity index (χ1) is 7.74. The summed E-state index contributed by atoms with van der Waals surface area (Å²) in [7, 11) is 0. The molecule has 0 unspecified atom stereocenters. The molecule has 2 aromatic rings. The van der Waals surface area contributed by atoms with Crippen LogP contribution in [0.15, 0.2) is 41.7 Å². The van der Waals surface area contributed by atoms with Gasteiger partial charge in [-0.1, -0.05) is 30.0 Å². The van der Waals surface area contributed by atoms with Crippen molar-refractivity contribution in [1.82, 2.24) is 9.55 Å². The molecule has 0 spiro atoms. The van der Waals surface area contributed by atoms with Crippen LogP contribution in [0.3, 0.4) is 0 Å². The van der Waals surface area contributed by atoms with E-state index in [0.29, 0.717) is 5.16 Å². The maximum absolute atomic E-state index is 10.9. The number of carboxylic acid groups (broad SMARTS) is 1. The lowest BCUT2D eigenvalue weighted by Gasteiger charge is -2.10. The predicted molar refractivity (Wildman–Crippen MR) is 59.7 cm³/mol. The highest BCUT2D eigenvalue weighted by molar-refractivity contribution is 7.98. The minimum Gasteiger partial charge on any atom is -0.543 e. The summed E-state index contributed by atoms with van der Waals surface area (Å²) in [6.45, 7) is 0. The Labute approximate surface area is 96.9 Å². The average molecular weight is 233 g/mol. The number of hydrogen-bond donors (Lipinski definition) is 0. The number of rotatable bonds is 3. The Morgan fingerprint density at radius 1 is 1.38 bits per heavy atom. The Morgan fingerprint density at radius 2 is 2.06 bits per heavy atom. The fourth-order valence-corrected chi connectivity index (χ4v) is 1.99. The molecule has 0 bridgehead atoms. The molecule has 1 aromatic carbocycles. The van der Waals surface area contributed by atoms with E-state index in [0.717, 1.165) is 5.69 Å². The number of benzene rings is 1. The Bertz CT molecular complexity index is 508. The first-order valence-electron chi connectivity index (χ1n) is 4.62. The van der Waals surface area contributed by atoms with E-state index in [4.69, 9.17) is 0 Å². The van der Waals surface area contributed by atoms with Crippen molar-refractivity contribution in [3.05, 3.63) is 42.2 Å². The number of aromatic nitrogens is 2. The molecule has 0 aliphatic carbocycles. The molecule has 0 aliphatic rings. The minimum absolute atomic E-state index is 0.0653. The van der Waals surface area contributed by atoms with Crippen molar-refractivity contribution in [1.29, 1.82) is 0 Å². The van der Waals surface area contributed by atoms with E-state index in [-0.39, 0.29) is 5.69 Å². The van der Waals surface area contributed by atoms with Gasteiger partial charge in [-0.25, -0.2) is 4.98 Å². The fourth-order valence-electron chi connectivity index (χ4n) is 1.45. The van der Waals surface area contributed by atoms with E-state index in [1.807, 2.05) is 36.6 Å². The van der Waals surface area contributed by atoms with Gasteiger partial charge in [0, 0.05) is 5.69 Å². The Kier molecular flexibility index (Phi) is 2.96. The van der Waals surface area contributed by atoms with Crippen LogP contribution in [0.5, 0.6) is 0 Å². The van der Waals surface area contributed by atoms with Crippen LogP contribution in [0.1, 0.15) is 10.5 Å². The summed E-state index contributed by atoms with van der Waals surface area (Å²) in [6.07, 6.45) is 3.16. The van der Waals surface area contributed by atoms with Crippen LogP contribution in [-0.2, 0) is 0 Å². The zero-order chi connectivity index (χ0) is 11.5. The van der Waals surface area contributed by atoms with Gasteiger partial charge in [0.2, 0.25) is 0 Å². The summed E-state index contributed by atoms with van der Waals surface area (Å²) < 4.78 is 1.57. The molecular weight excluding hydrogens is 224 g/mol. The molecule has 0 N–H and O–H groups in total. The number of thioether (sulfide) groups is 1. The van der Waals surface area contributed by atoms with Gasteiger partial charge in [-0.15, -0.1) is 0 Å². The van der Waals surface area contributed by atoms with Crippen molar-refractivity contribution in [2.45, 2.75) is 5.16 Å². The van der Waals surface area contributed by atoms with Crippen LogP contribution in [0.2, 0.25) is 0 Å². The van der Waals surface area contributed by atoms with E-state index < -0.39 is 5.97 Å². The highest BCUT2D eigenvalue weighted by atomic mass is 32.2. The van der Waals surface area contributed by atoms with Gasteiger partial charge in [-0.3, -0.25) is 4.57 Å². The minimum atomic E-state index is -1.23. The smallest absolute Gasteiger partial charge is 0.172 e. The van der Waals surface area contributed by atoms with Gasteiger partial charge in [0.1, 0.15) is 0 Å². The van der Waals surface area contributed by atoms with E-state index in [1.165, 1.54) is 18.0 Å². The fraction of sp³-hybridized carbons (Fsp3) is 0.0909. The predicted octanol–water partition coefficient (Wildman–Crippen LogP) is 0.958. The standard InChI is InChI=1S/C11H10N2O2S/c1-16-11-12-7-9(10(14)15)13(11)8-5-3-2-4-6-8/h2-7H,1H3,(H,14,15)/p-1. The lowest BCUT2D eigenvalue weighted by atomic mass is 10.3. The van der Waals surface area contributed by atoms with Crippen LogP contribution in [-0.4, -0.2) is 21.8 Å². The summed E-state index contributed by atoms with van der Waals surface area (Å²) in [5.74, 6) is -1.23.